The molecule has 1 fully saturated rings. The zero-order valence-corrected chi connectivity index (χ0v) is 25.7. The van der Waals surface area contributed by atoms with Crippen LogP contribution in [0, 0.1) is 11.8 Å². The van der Waals surface area contributed by atoms with Crippen LogP contribution in [0.4, 0.5) is 5.69 Å². The monoisotopic (exact) mass is 578 g/mol. The minimum absolute atomic E-state index is 0.0326. The first-order chi connectivity index (χ1) is 20.9. The van der Waals surface area contributed by atoms with E-state index in [0.29, 0.717) is 17.4 Å². The van der Waals surface area contributed by atoms with Crippen LogP contribution < -0.4 is 19.1 Å². The highest BCUT2D eigenvalue weighted by molar-refractivity contribution is 6.03. The summed E-state index contributed by atoms with van der Waals surface area (Å²) >= 11 is 0. The zero-order valence-electron chi connectivity index (χ0n) is 25.7. The molecular formula is C37H42N2O4. The van der Waals surface area contributed by atoms with Gasteiger partial charge in [-0.15, -0.1) is 0 Å². The summed E-state index contributed by atoms with van der Waals surface area (Å²) in [5.41, 5.74) is 6.33. The van der Waals surface area contributed by atoms with Gasteiger partial charge < -0.3 is 19.1 Å². The topological polar surface area (TPSA) is 51.2 Å². The number of carbonyl (C=O) groups excluding carboxylic acids is 1. The Labute approximate surface area is 255 Å². The molecule has 0 aromatic heterocycles. The standard InChI is InChI=1S/C37H42N2O4/c1-25(2)39-31(11-10-28-20-32(41-3)12-13-34(28)39)24-43-36-22-33-29(21-35(36)42-4)19-30(37(33)40)18-26-14-16-38(17-15-26)23-27-8-6-5-7-9-27/h5-13,20-22,24-26,30H,14-19,23H2,1-4H3/b31-24-. The molecule has 3 aromatic carbocycles. The second kappa shape index (κ2) is 12.7. The SMILES string of the molecule is COc1ccc2c(c1)C=C/C(=C/Oc1cc3c(cc1OC)CC(CC1CCN(Cc4ccccc4)CC1)C3=O)N2C(C)C. The maximum Gasteiger partial charge on any atom is 0.169 e. The molecule has 6 heteroatoms. The summed E-state index contributed by atoms with van der Waals surface area (Å²) in [6.45, 7) is 7.50. The van der Waals surface area contributed by atoms with Gasteiger partial charge in [0, 0.05) is 35.3 Å². The fourth-order valence-corrected chi connectivity index (χ4v) is 6.85. The second-order valence-electron chi connectivity index (χ2n) is 12.2. The quantitative estimate of drug-likeness (QED) is 0.245. The lowest BCUT2D eigenvalue weighted by Gasteiger charge is -2.33. The Morgan fingerprint density at radius 1 is 0.930 bits per heavy atom. The summed E-state index contributed by atoms with van der Waals surface area (Å²) in [6, 6.07) is 20.9. The normalized spacial score (nSPS) is 19.6. The van der Waals surface area contributed by atoms with Crippen LogP contribution >= 0.6 is 0 Å². The van der Waals surface area contributed by atoms with Gasteiger partial charge in [0.05, 0.1) is 19.9 Å². The number of likely N-dealkylation sites (tertiary alicyclic amines) is 1. The average molecular weight is 579 g/mol. The first kappa shape index (κ1) is 29.1. The number of methoxy groups -OCH3 is 2. The second-order valence-corrected chi connectivity index (χ2v) is 12.2. The zero-order chi connectivity index (χ0) is 29.9. The van der Waals surface area contributed by atoms with Gasteiger partial charge in [0.2, 0.25) is 0 Å². The summed E-state index contributed by atoms with van der Waals surface area (Å²) in [5.74, 6) is 2.90. The molecule has 1 aliphatic carbocycles. The van der Waals surface area contributed by atoms with Crippen molar-refractivity contribution in [2.45, 2.75) is 52.1 Å². The number of allylic oxidation sites excluding steroid dienone is 1. The van der Waals surface area contributed by atoms with Crippen LogP contribution in [-0.2, 0) is 13.0 Å². The molecule has 0 spiro atoms. The Hall–Kier alpha value is -4.03. The minimum Gasteiger partial charge on any atom is -0.497 e. The number of carbonyl (C=O) groups is 1. The van der Waals surface area contributed by atoms with Crippen LogP contribution in [0.25, 0.3) is 6.08 Å². The summed E-state index contributed by atoms with van der Waals surface area (Å²) in [7, 11) is 3.34. The minimum atomic E-state index is 0.0326. The van der Waals surface area contributed by atoms with E-state index in [0.717, 1.165) is 79.1 Å². The number of fused-ring (bicyclic) bond motifs is 2. The number of hydrogen-bond donors (Lipinski definition) is 0. The smallest absolute Gasteiger partial charge is 0.169 e. The summed E-state index contributed by atoms with van der Waals surface area (Å²) in [4.78, 5) is 18.4. The molecule has 43 heavy (non-hydrogen) atoms. The van der Waals surface area contributed by atoms with Crippen molar-refractivity contribution in [1.29, 1.82) is 0 Å². The number of nitrogens with zero attached hydrogens (tertiary/aromatic N) is 2. The molecule has 3 aliphatic rings. The van der Waals surface area contributed by atoms with Crippen molar-refractivity contribution >= 4 is 17.5 Å². The number of piperidine rings is 1. The number of benzene rings is 3. The number of ketones is 1. The van der Waals surface area contributed by atoms with E-state index in [9.17, 15) is 4.79 Å². The van der Waals surface area contributed by atoms with Crippen LogP contribution in [0.1, 0.15) is 60.2 Å². The third-order valence-electron chi connectivity index (χ3n) is 9.10. The van der Waals surface area contributed by atoms with Crippen LogP contribution in [0.5, 0.6) is 17.2 Å². The Balaban J connectivity index is 1.13. The van der Waals surface area contributed by atoms with Gasteiger partial charge in [-0.1, -0.05) is 36.4 Å². The largest absolute Gasteiger partial charge is 0.497 e. The van der Waals surface area contributed by atoms with Crippen molar-refractivity contribution in [3.63, 3.8) is 0 Å². The predicted molar refractivity (Wildman–Crippen MR) is 172 cm³/mol. The molecule has 1 atom stereocenters. The molecule has 0 bridgehead atoms. The Morgan fingerprint density at radius 2 is 1.72 bits per heavy atom. The van der Waals surface area contributed by atoms with Crippen molar-refractivity contribution in [3.8, 4) is 17.2 Å². The predicted octanol–water partition coefficient (Wildman–Crippen LogP) is 7.52. The van der Waals surface area contributed by atoms with Crippen LogP contribution in [0.15, 0.2) is 78.7 Å². The Morgan fingerprint density at radius 3 is 2.44 bits per heavy atom. The number of Topliss-reactive ketones (excluding diaryl/α,β-unsaturated/α-hetero) is 1. The molecule has 1 saturated heterocycles. The van der Waals surface area contributed by atoms with Crippen LogP contribution in [-0.4, -0.2) is 44.0 Å². The average Bonchev–Trinajstić information content (AvgIpc) is 3.33. The van der Waals surface area contributed by atoms with Crippen molar-refractivity contribution in [1.82, 2.24) is 4.90 Å². The summed E-state index contributed by atoms with van der Waals surface area (Å²) in [6.07, 6.45) is 9.91. The molecule has 0 radical (unpaired) electrons. The van der Waals surface area contributed by atoms with E-state index in [4.69, 9.17) is 14.2 Å². The third-order valence-corrected chi connectivity index (χ3v) is 9.10. The molecule has 0 amide bonds. The molecule has 2 aliphatic heterocycles. The lowest BCUT2D eigenvalue weighted by atomic mass is 9.85. The van der Waals surface area contributed by atoms with Gasteiger partial charge in [-0.25, -0.2) is 0 Å². The fourth-order valence-electron chi connectivity index (χ4n) is 6.85. The number of hydrogen-bond acceptors (Lipinski definition) is 6. The molecule has 2 heterocycles. The maximum atomic E-state index is 13.6. The van der Waals surface area contributed by atoms with E-state index in [2.05, 4.69) is 66.1 Å². The number of ether oxygens (including phenoxy) is 3. The Bertz CT molecular complexity index is 1520. The van der Waals surface area contributed by atoms with Crippen molar-refractivity contribution in [3.05, 3.63) is 101 Å². The molecule has 1 unspecified atom stereocenters. The molecule has 0 saturated carbocycles. The van der Waals surface area contributed by atoms with Gasteiger partial charge in [0.15, 0.2) is 17.3 Å². The molecule has 6 rings (SSSR count). The highest BCUT2D eigenvalue weighted by Gasteiger charge is 2.34. The molecule has 3 aromatic rings. The Kier molecular flexibility index (Phi) is 8.57. The van der Waals surface area contributed by atoms with Gasteiger partial charge in [-0.3, -0.25) is 9.69 Å². The van der Waals surface area contributed by atoms with Crippen LogP contribution in [0.3, 0.4) is 0 Å². The van der Waals surface area contributed by atoms with Crippen LogP contribution in [0.2, 0.25) is 0 Å². The van der Waals surface area contributed by atoms with Gasteiger partial charge in [-0.05, 0) is 106 Å². The lowest BCUT2D eigenvalue weighted by Crippen LogP contribution is -2.34. The van der Waals surface area contributed by atoms with Gasteiger partial charge in [0.1, 0.15) is 12.0 Å². The van der Waals surface area contributed by atoms with Gasteiger partial charge in [0.25, 0.3) is 0 Å². The number of anilines is 1. The molecule has 224 valence electrons. The molecule has 0 N–H and O–H groups in total. The number of rotatable bonds is 9. The highest BCUT2D eigenvalue weighted by Crippen LogP contribution is 2.41. The first-order valence-electron chi connectivity index (χ1n) is 15.5. The molecule has 6 nitrogen and oxygen atoms in total. The highest BCUT2D eigenvalue weighted by atomic mass is 16.5. The van der Waals surface area contributed by atoms with E-state index in [-0.39, 0.29) is 17.7 Å². The van der Waals surface area contributed by atoms with Crippen molar-refractivity contribution in [2.75, 3.05) is 32.2 Å². The summed E-state index contributed by atoms with van der Waals surface area (Å²) in [5, 5.41) is 0. The lowest BCUT2D eigenvalue weighted by molar-refractivity contribution is 0.0895. The van der Waals surface area contributed by atoms with Crippen molar-refractivity contribution < 1.29 is 19.0 Å². The van der Waals surface area contributed by atoms with E-state index in [1.54, 1.807) is 20.5 Å². The van der Waals surface area contributed by atoms with Crippen molar-refractivity contribution in [2.24, 2.45) is 11.8 Å². The maximum absolute atomic E-state index is 13.6. The van der Waals surface area contributed by atoms with E-state index >= 15 is 0 Å². The first-order valence-corrected chi connectivity index (χ1v) is 15.5. The third kappa shape index (κ3) is 6.21. The fraction of sp³-hybridized carbons (Fsp3) is 0.378. The van der Waals surface area contributed by atoms with Gasteiger partial charge >= 0.3 is 0 Å². The van der Waals surface area contributed by atoms with Gasteiger partial charge in [-0.2, -0.15) is 0 Å². The van der Waals surface area contributed by atoms with E-state index in [1.807, 2.05) is 30.3 Å². The molecular weight excluding hydrogens is 536 g/mol. The van der Waals surface area contributed by atoms with E-state index in [1.165, 1.54) is 5.56 Å². The summed E-state index contributed by atoms with van der Waals surface area (Å²) < 4.78 is 17.4. The van der Waals surface area contributed by atoms with E-state index < -0.39 is 0 Å².